The number of carbonyl (C=O) groups is 2. The van der Waals surface area contributed by atoms with Crippen LogP contribution in [0.5, 0.6) is 0 Å². The zero-order chi connectivity index (χ0) is 28.9. The van der Waals surface area contributed by atoms with Crippen molar-refractivity contribution in [3.8, 4) is 0 Å². The predicted octanol–water partition coefficient (Wildman–Crippen LogP) is 4.70. The predicted molar refractivity (Wildman–Crippen MR) is 148 cm³/mol. The van der Waals surface area contributed by atoms with Crippen LogP contribution in [0.1, 0.15) is 77.0 Å². The van der Waals surface area contributed by atoms with Crippen molar-refractivity contribution in [1.82, 2.24) is 10.6 Å². The summed E-state index contributed by atoms with van der Waals surface area (Å²) < 4.78 is 33.3. The largest absolute Gasteiger partial charge is 0.500 e. The number of hydrogen-bond acceptors (Lipinski definition) is 8. The molecule has 0 atom stereocenters. The number of unbranched alkanes of at least 4 members (excludes halogenated alkanes) is 6. The van der Waals surface area contributed by atoms with Gasteiger partial charge in [-0.1, -0.05) is 38.5 Å². The van der Waals surface area contributed by atoms with E-state index in [1.807, 2.05) is 0 Å². The summed E-state index contributed by atoms with van der Waals surface area (Å²) >= 11 is 0. The van der Waals surface area contributed by atoms with Gasteiger partial charge in [0.2, 0.25) is 0 Å². The van der Waals surface area contributed by atoms with Crippen molar-refractivity contribution in [2.75, 3.05) is 49.2 Å². The fraction of sp³-hybridized carbons (Fsp3) is 0.917. The fourth-order valence-corrected chi connectivity index (χ4v) is 8.30. The second-order valence-corrected chi connectivity index (χ2v) is 15.6. The van der Waals surface area contributed by atoms with Gasteiger partial charge in [-0.05, 0) is 38.5 Å². The highest BCUT2D eigenvalue weighted by molar-refractivity contribution is 6.60. The summed E-state index contributed by atoms with van der Waals surface area (Å²) in [6.45, 7) is 0.484. The SMILES string of the molecule is CO[Si](CCCC(CCCCCCCCCNC(=O)O)(CCC[Si](OC)(OC)OC)NC(=O)O)(OC)OC. The molecule has 38 heavy (non-hydrogen) atoms. The lowest BCUT2D eigenvalue weighted by molar-refractivity contribution is 0.118. The van der Waals surface area contributed by atoms with Crippen LogP contribution in [0.3, 0.4) is 0 Å². The summed E-state index contributed by atoms with van der Waals surface area (Å²) in [6.07, 6.45) is 8.20. The van der Waals surface area contributed by atoms with Gasteiger partial charge in [-0.2, -0.15) is 0 Å². The maximum atomic E-state index is 11.9. The van der Waals surface area contributed by atoms with E-state index < -0.39 is 35.3 Å². The maximum Gasteiger partial charge on any atom is 0.500 e. The van der Waals surface area contributed by atoms with Gasteiger partial charge in [-0.15, -0.1) is 0 Å². The van der Waals surface area contributed by atoms with Crippen molar-refractivity contribution < 1.29 is 46.4 Å². The average molecular weight is 585 g/mol. The molecule has 226 valence electrons. The topological polar surface area (TPSA) is 154 Å². The highest BCUT2D eigenvalue weighted by atomic mass is 28.4. The Hall–Kier alpha value is -1.27. The Morgan fingerprint density at radius 1 is 0.579 bits per heavy atom. The van der Waals surface area contributed by atoms with Crippen molar-refractivity contribution in [2.24, 2.45) is 0 Å². The highest BCUT2D eigenvalue weighted by Crippen LogP contribution is 2.32. The minimum absolute atomic E-state index is 0.484. The summed E-state index contributed by atoms with van der Waals surface area (Å²) in [5.74, 6) is 0. The molecule has 0 fully saturated rings. The lowest BCUT2D eigenvalue weighted by atomic mass is 9.83. The summed E-state index contributed by atoms with van der Waals surface area (Å²) in [6, 6.07) is 1.17. The van der Waals surface area contributed by atoms with E-state index in [1.54, 1.807) is 42.7 Å². The molecule has 0 unspecified atom stereocenters. The zero-order valence-electron chi connectivity index (χ0n) is 24.3. The second-order valence-electron chi connectivity index (χ2n) is 9.47. The van der Waals surface area contributed by atoms with Gasteiger partial charge in [0.25, 0.3) is 0 Å². The minimum Gasteiger partial charge on any atom is -0.465 e. The number of amides is 2. The first-order valence-corrected chi connectivity index (χ1v) is 17.3. The van der Waals surface area contributed by atoms with Gasteiger partial charge >= 0.3 is 29.8 Å². The molecule has 0 heterocycles. The molecule has 0 aromatic heterocycles. The molecule has 0 aromatic rings. The smallest absolute Gasteiger partial charge is 0.465 e. The first kappa shape index (κ1) is 36.7. The quantitative estimate of drug-likeness (QED) is 0.0877. The second kappa shape index (κ2) is 20.6. The molecule has 0 aromatic carbocycles. The Balaban J connectivity index is 5.14. The van der Waals surface area contributed by atoms with Crippen LogP contribution in [0.4, 0.5) is 9.59 Å². The van der Waals surface area contributed by atoms with E-state index >= 15 is 0 Å². The van der Waals surface area contributed by atoms with Gasteiger partial charge in [0, 0.05) is 66.8 Å². The molecule has 0 spiro atoms. The Kier molecular flexibility index (Phi) is 19.9. The van der Waals surface area contributed by atoms with Crippen LogP contribution in [0.15, 0.2) is 0 Å². The van der Waals surface area contributed by atoms with Gasteiger partial charge in [0.1, 0.15) is 0 Å². The Labute approximate surface area is 230 Å². The van der Waals surface area contributed by atoms with E-state index in [2.05, 4.69) is 10.6 Å². The van der Waals surface area contributed by atoms with Crippen LogP contribution in [0, 0.1) is 0 Å². The Morgan fingerprint density at radius 3 is 1.32 bits per heavy atom. The van der Waals surface area contributed by atoms with E-state index in [0.29, 0.717) is 50.7 Å². The molecular weight excluding hydrogens is 532 g/mol. The molecule has 2 amide bonds. The fourth-order valence-electron chi connectivity index (χ4n) is 4.86. The highest BCUT2D eigenvalue weighted by Gasteiger charge is 2.41. The van der Waals surface area contributed by atoms with Crippen molar-refractivity contribution in [1.29, 1.82) is 0 Å². The molecule has 0 rings (SSSR count). The molecule has 0 aliphatic rings. The van der Waals surface area contributed by atoms with Crippen LogP contribution in [0.25, 0.3) is 0 Å². The molecule has 4 N–H and O–H groups in total. The summed E-state index contributed by atoms with van der Waals surface area (Å²) in [4.78, 5) is 22.4. The minimum atomic E-state index is -2.77. The molecule has 0 bridgehead atoms. The Morgan fingerprint density at radius 2 is 0.947 bits per heavy atom. The molecule has 14 heteroatoms. The summed E-state index contributed by atoms with van der Waals surface area (Å²) in [5, 5.41) is 23.6. The standard InChI is InChI=1S/C24H52N2O10Si2/c1-31-37(32-2,33-3)20-14-17-24(26-23(29)30,18-15-21-38(34-4,35-5)36-6)16-12-10-8-7-9-11-13-19-25-22(27)28/h25-26H,7-21H2,1-6H3,(H,27,28)(H,29,30). The normalized spacial score (nSPS) is 12.5. The van der Waals surface area contributed by atoms with Gasteiger partial charge < -0.3 is 47.4 Å². The molecule has 0 aliphatic heterocycles. The number of carboxylic acid groups (broad SMARTS) is 2. The number of rotatable bonds is 25. The lowest BCUT2D eigenvalue weighted by Gasteiger charge is -2.36. The third-order valence-electron chi connectivity index (χ3n) is 7.12. The Bertz CT molecular complexity index is 595. The van der Waals surface area contributed by atoms with Crippen molar-refractivity contribution in [3.05, 3.63) is 0 Å². The number of hydrogen-bond donors (Lipinski definition) is 4. The molecule has 0 aliphatic carbocycles. The maximum absolute atomic E-state index is 11.9. The van der Waals surface area contributed by atoms with Crippen LogP contribution in [-0.2, 0) is 26.6 Å². The molecule has 0 radical (unpaired) electrons. The van der Waals surface area contributed by atoms with E-state index in [4.69, 9.17) is 31.7 Å². The van der Waals surface area contributed by atoms with Gasteiger partial charge in [-0.25, -0.2) is 9.59 Å². The van der Waals surface area contributed by atoms with E-state index in [1.165, 1.54) is 0 Å². The summed E-state index contributed by atoms with van der Waals surface area (Å²) in [7, 11) is 3.93. The third-order valence-corrected chi connectivity index (χ3v) is 12.8. The first-order valence-electron chi connectivity index (χ1n) is 13.4. The van der Waals surface area contributed by atoms with Crippen LogP contribution in [-0.4, -0.2) is 94.8 Å². The molecule has 12 nitrogen and oxygen atoms in total. The average Bonchev–Trinajstić information content (AvgIpc) is 2.90. The third kappa shape index (κ3) is 14.8. The monoisotopic (exact) mass is 584 g/mol. The first-order chi connectivity index (χ1) is 18.1. The van der Waals surface area contributed by atoms with E-state index in [0.717, 1.165) is 44.9 Å². The van der Waals surface area contributed by atoms with Crippen LogP contribution >= 0.6 is 0 Å². The lowest BCUT2D eigenvalue weighted by Crippen LogP contribution is -2.50. The van der Waals surface area contributed by atoms with Gasteiger partial charge in [-0.3, -0.25) is 0 Å². The molecule has 0 saturated carbocycles. The molecular formula is C24H52N2O10Si2. The van der Waals surface area contributed by atoms with Gasteiger partial charge in [0.15, 0.2) is 0 Å². The zero-order valence-corrected chi connectivity index (χ0v) is 26.3. The van der Waals surface area contributed by atoms with Crippen LogP contribution < -0.4 is 10.6 Å². The van der Waals surface area contributed by atoms with Gasteiger partial charge in [0.05, 0.1) is 0 Å². The van der Waals surface area contributed by atoms with Crippen molar-refractivity contribution in [2.45, 2.75) is 94.7 Å². The molecule has 0 saturated heterocycles. The van der Waals surface area contributed by atoms with Crippen LogP contribution in [0.2, 0.25) is 12.1 Å². The van der Waals surface area contributed by atoms with E-state index in [9.17, 15) is 14.7 Å². The van der Waals surface area contributed by atoms with Crippen molar-refractivity contribution >= 4 is 29.8 Å². The summed E-state index contributed by atoms with van der Waals surface area (Å²) in [5.41, 5.74) is -0.612. The van der Waals surface area contributed by atoms with E-state index in [-0.39, 0.29) is 0 Å². The van der Waals surface area contributed by atoms with Crippen molar-refractivity contribution in [3.63, 3.8) is 0 Å². The number of nitrogens with one attached hydrogen (secondary N) is 2.